The molecule has 3 aromatic carbocycles. The first kappa shape index (κ1) is 41.9. The van der Waals surface area contributed by atoms with Crippen LogP contribution in [0.1, 0.15) is 76.4 Å². The fourth-order valence-corrected chi connectivity index (χ4v) is 6.56. The molecule has 0 radical (unpaired) electrons. The summed E-state index contributed by atoms with van der Waals surface area (Å²) in [5, 5.41) is 1.22. The molecule has 3 amide bonds. The summed E-state index contributed by atoms with van der Waals surface area (Å²) in [4.78, 5) is 40.1. The van der Waals surface area contributed by atoms with E-state index in [-0.39, 0.29) is 37.2 Å². The van der Waals surface area contributed by atoms with Crippen LogP contribution in [0, 0.1) is 0 Å². The van der Waals surface area contributed by atoms with Crippen molar-refractivity contribution in [2.75, 3.05) is 60.0 Å². The van der Waals surface area contributed by atoms with E-state index in [0.717, 1.165) is 22.4 Å². The molecule has 51 heavy (non-hydrogen) atoms. The van der Waals surface area contributed by atoms with Gasteiger partial charge in [0.15, 0.2) is 0 Å². The van der Waals surface area contributed by atoms with Crippen LogP contribution in [0.15, 0.2) is 65.7 Å². The molecule has 0 bridgehead atoms. The van der Waals surface area contributed by atoms with E-state index >= 15 is 0 Å². The number of benzene rings is 3. The number of piperazine rings is 1. The van der Waals surface area contributed by atoms with E-state index in [9.17, 15) is 9.59 Å². The number of nitrogens with zero attached hydrogens (tertiary/aromatic N) is 5. The number of halogens is 3. The van der Waals surface area contributed by atoms with Crippen LogP contribution in [0.3, 0.4) is 0 Å². The largest absolute Gasteiger partial charge is 0.494 e. The average Bonchev–Trinajstić information content (AvgIpc) is 3.46. The first-order valence-corrected chi connectivity index (χ1v) is 17.6. The first-order chi connectivity index (χ1) is 23.3. The van der Waals surface area contributed by atoms with E-state index in [0.29, 0.717) is 73.1 Å². The van der Waals surface area contributed by atoms with Crippen LogP contribution >= 0.6 is 35.6 Å². The van der Waals surface area contributed by atoms with E-state index in [1.54, 1.807) is 19.0 Å². The third-order valence-electron chi connectivity index (χ3n) is 8.93. The van der Waals surface area contributed by atoms with Gasteiger partial charge >= 0.3 is 6.03 Å². The van der Waals surface area contributed by atoms with Gasteiger partial charge in [-0.2, -0.15) is 0 Å². The molecular weight excluding hydrogens is 709 g/mol. The molecule has 0 saturated carbocycles. The Labute approximate surface area is 319 Å². The molecule has 0 N–H and O–H groups in total. The van der Waals surface area contributed by atoms with Crippen LogP contribution in [-0.2, 0) is 10.2 Å². The Morgan fingerprint density at radius 2 is 1.37 bits per heavy atom. The predicted molar refractivity (Wildman–Crippen MR) is 210 cm³/mol. The molecule has 2 heterocycles. The van der Waals surface area contributed by atoms with Gasteiger partial charge < -0.3 is 19.3 Å². The van der Waals surface area contributed by atoms with Crippen molar-refractivity contribution in [2.24, 2.45) is 4.99 Å². The zero-order chi connectivity index (χ0) is 35.5. The minimum atomic E-state index is -0.499. The Hall–Kier alpha value is -3.50. The quantitative estimate of drug-likeness (QED) is 0.219. The number of urea groups is 1. The minimum absolute atomic E-state index is 0. The number of amides is 3. The van der Waals surface area contributed by atoms with Gasteiger partial charge in [0.1, 0.15) is 23.4 Å². The van der Waals surface area contributed by atoms with Gasteiger partial charge in [-0.05, 0) is 66.8 Å². The van der Waals surface area contributed by atoms with Gasteiger partial charge in [-0.3, -0.25) is 19.6 Å². The lowest BCUT2D eigenvalue weighted by Crippen LogP contribution is -2.55. The summed E-state index contributed by atoms with van der Waals surface area (Å²) in [7, 11) is 3.51. The monoisotopic (exact) mass is 759 g/mol. The van der Waals surface area contributed by atoms with Crippen molar-refractivity contribution in [1.29, 1.82) is 0 Å². The molecule has 3 aromatic rings. The second kappa shape index (κ2) is 17.8. The third-order valence-corrected chi connectivity index (χ3v) is 9.43. The summed E-state index contributed by atoms with van der Waals surface area (Å²) >= 11 is 12.7. The molecule has 2 aliphatic heterocycles. The molecule has 1 fully saturated rings. The van der Waals surface area contributed by atoms with Crippen LogP contribution in [0.5, 0.6) is 11.5 Å². The Balaban J connectivity index is 0.00000351. The van der Waals surface area contributed by atoms with Crippen molar-refractivity contribution in [3.8, 4) is 11.5 Å². The van der Waals surface area contributed by atoms with Gasteiger partial charge in [-0.15, -0.1) is 12.4 Å². The topological polar surface area (TPSA) is 77.9 Å². The second-order valence-electron chi connectivity index (χ2n) is 13.6. The number of hydrogen-bond acceptors (Lipinski definition) is 6. The number of amidine groups is 1. The van der Waals surface area contributed by atoms with E-state index in [4.69, 9.17) is 37.7 Å². The van der Waals surface area contributed by atoms with Crippen molar-refractivity contribution in [1.82, 2.24) is 19.6 Å². The fraction of sp³-hybridized carbons (Fsp3) is 0.462. The number of carbonyl (C=O) groups excluding carboxylic acids is 2. The maximum atomic E-state index is 15.0. The van der Waals surface area contributed by atoms with Crippen molar-refractivity contribution in [3.63, 3.8) is 0 Å². The molecule has 278 valence electrons. The fourth-order valence-electron chi connectivity index (χ4n) is 6.31. The molecule has 5 rings (SSSR count). The summed E-state index contributed by atoms with van der Waals surface area (Å²) in [5.74, 6) is 1.89. The van der Waals surface area contributed by atoms with E-state index < -0.39 is 12.1 Å². The zero-order valence-electron chi connectivity index (χ0n) is 29.9. The van der Waals surface area contributed by atoms with E-state index in [2.05, 4.69) is 25.7 Å². The van der Waals surface area contributed by atoms with Gasteiger partial charge in [0.05, 0.1) is 31.4 Å². The van der Waals surface area contributed by atoms with Gasteiger partial charge in [-0.25, -0.2) is 4.79 Å². The number of hydrogen-bond donors (Lipinski definition) is 0. The number of rotatable bonds is 9. The molecule has 2 atom stereocenters. The third kappa shape index (κ3) is 9.49. The molecule has 1 saturated heterocycles. The standard InChI is InChI=1S/C38H47Cl2N5O4.CH4.ClH/c1-8-48-31-23-30(38(3,4)5)32(49-9-2)22-29(31)36-41-34(25-10-14-27(39)15-11-25)35(26-12-16-28(40)17-13-26)45(36)37(47)44-20-18-43(19-21-44)24-33(46)42(6)7;;/h10-17,22-23,34-35H,8-9,18-21,24H2,1-7H3;1H4;1H/t34-,35+;;/m0../s1. The molecule has 2 aliphatic rings. The lowest BCUT2D eigenvalue weighted by Gasteiger charge is -2.39. The Bertz CT molecular complexity index is 1670. The second-order valence-corrected chi connectivity index (χ2v) is 14.5. The Morgan fingerprint density at radius 3 is 1.88 bits per heavy atom. The summed E-state index contributed by atoms with van der Waals surface area (Å²) in [6.45, 7) is 13.7. The molecular formula is C39H52Cl3N5O4. The summed E-state index contributed by atoms with van der Waals surface area (Å²) in [6, 6.07) is 18.1. The maximum Gasteiger partial charge on any atom is 0.326 e. The normalized spacial score (nSPS) is 17.6. The number of aliphatic imine (C=N–C) groups is 1. The predicted octanol–water partition coefficient (Wildman–Crippen LogP) is 8.52. The van der Waals surface area contributed by atoms with Gasteiger partial charge in [0.2, 0.25) is 5.91 Å². The summed E-state index contributed by atoms with van der Waals surface area (Å²) in [6.07, 6.45) is 0. The molecule has 12 heteroatoms. The highest BCUT2D eigenvalue weighted by Gasteiger charge is 2.45. The number of likely N-dealkylation sites (N-methyl/N-ethyl adjacent to an activating group) is 1. The van der Waals surface area contributed by atoms with Crippen LogP contribution in [0.25, 0.3) is 0 Å². The van der Waals surface area contributed by atoms with Crippen LogP contribution in [-0.4, -0.2) is 97.4 Å². The highest BCUT2D eigenvalue weighted by molar-refractivity contribution is 6.30. The van der Waals surface area contributed by atoms with Crippen LogP contribution in [0.4, 0.5) is 4.79 Å². The smallest absolute Gasteiger partial charge is 0.326 e. The molecule has 0 unspecified atom stereocenters. The number of carbonyl (C=O) groups is 2. The van der Waals surface area contributed by atoms with Crippen molar-refractivity contribution in [3.05, 3.63) is 93.0 Å². The van der Waals surface area contributed by atoms with Gasteiger partial charge in [0.25, 0.3) is 0 Å². The minimum Gasteiger partial charge on any atom is -0.494 e. The number of ether oxygens (including phenoxy) is 2. The Kier molecular flexibility index (Phi) is 14.6. The highest BCUT2D eigenvalue weighted by atomic mass is 35.5. The van der Waals surface area contributed by atoms with Crippen LogP contribution in [0.2, 0.25) is 10.0 Å². The SMILES string of the molecule is C.CCOc1cc(C(C)(C)C)c(OCC)cc1C1=N[C@@H](c2ccc(Cl)cc2)[C@@H](c2ccc(Cl)cc2)N1C(=O)N1CCN(CC(=O)N(C)C)CC1.Cl. The lowest BCUT2D eigenvalue weighted by molar-refractivity contribution is -0.130. The molecule has 0 aromatic heterocycles. The molecule has 0 aliphatic carbocycles. The van der Waals surface area contributed by atoms with Crippen molar-refractivity contribution in [2.45, 2.75) is 59.5 Å². The average molecular weight is 761 g/mol. The summed E-state index contributed by atoms with van der Waals surface area (Å²) < 4.78 is 12.5. The van der Waals surface area contributed by atoms with Gasteiger partial charge in [-0.1, -0.05) is 75.7 Å². The van der Waals surface area contributed by atoms with Crippen molar-refractivity contribution < 1.29 is 19.1 Å². The molecule has 0 spiro atoms. The zero-order valence-corrected chi connectivity index (χ0v) is 32.2. The van der Waals surface area contributed by atoms with E-state index in [1.807, 2.05) is 84.3 Å². The Morgan fingerprint density at radius 1 is 0.843 bits per heavy atom. The summed E-state index contributed by atoms with van der Waals surface area (Å²) in [5.41, 5.74) is 3.26. The van der Waals surface area contributed by atoms with Gasteiger partial charge in [0, 0.05) is 55.9 Å². The highest BCUT2D eigenvalue weighted by Crippen LogP contribution is 2.47. The maximum absolute atomic E-state index is 15.0. The lowest BCUT2D eigenvalue weighted by atomic mass is 9.85. The first-order valence-electron chi connectivity index (χ1n) is 16.9. The van der Waals surface area contributed by atoms with Crippen molar-refractivity contribution >= 4 is 53.4 Å². The van der Waals surface area contributed by atoms with Crippen LogP contribution < -0.4 is 9.47 Å². The molecule has 9 nitrogen and oxygen atoms in total. The van der Waals surface area contributed by atoms with E-state index in [1.165, 1.54) is 0 Å².